The molecule has 0 aromatic carbocycles. The summed E-state index contributed by atoms with van der Waals surface area (Å²) in [6.45, 7) is 3.43. The molecule has 0 aliphatic carbocycles. The van der Waals surface area contributed by atoms with E-state index in [1.807, 2.05) is 0 Å². The summed E-state index contributed by atoms with van der Waals surface area (Å²) in [4.78, 5) is 2.41. The molecule has 1 fully saturated rings. The van der Waals surface area contributed by atoms with E-state index >= 15 is 0 Å². The summed E-state index contributed by atoms with van der Waals surface area (Å²) < 4.78 is 0. The highest BCUT2D eigenvalue weighted by molar-refractivity contribution is 7.08. The summed E-state index contributed by atoms with van der Waals surface area (Å²) in [5.41, 5.74) is 1.29. The van der Waals surface area contributed by atoms with Crippen molar-refractivity contribution in [1.29, 1.82) is 0 Å². The van der Waals surface area contributed by atoms with Crippen molar-refractivity contribution >= 4 is 17.0 Å². The van der Waals surface area contributed by atoms with Gasteiger partial charge in [-0.15, -0.1) is 0 Å². The van der Waals surface area contributed by atoms with E-state index in [-0.39, 0.29) is 13.2 Å². The molecular formula is C14H24N2O2S. The normalized spacial score (nSPS) is 23.8. The van der Waals surface area contributed by atoms with Gasteiger partial charge in [0.05, 0.1) is 0 Å². The summed E-state index contributed by atoms with van der Waals surface area (Å²) in [7, 11) is 0. The lowest BCUT2D eigenvalue weighted by Gasteiger charge is -2.39. The van der Waals surface area contributed by atoms with E-state index in [2.05, 4.69) is 27.0 Å². The van der Waals surface area contributed by atoms with Gasteiger partial charge >= 0.3 is 0 Å². The maximum atomic E-state index is 9.17. The van der Waals surface area contributed by atoms with E-state index in [9.17, 15) is 0 Å². The number of anilines is 1. The van der Waals surface area contributed by atoms with Crippen LogP contribution in [-0.4, -0.2) is 49.1 Å². The lowest BCUT2D eigenvalue weighted by Crippen LogP contribution is -2.49. The number of aliphatic hydroxyl groups is 2. The minimum Gasteiger partial charge on any atom is -0.396 e. The Morgan fingerprint density at radius 3 is 2.89 bits per heavy atom. The predicted molar refractivity (Wildman–Crippen MR) is 79.8 cm³/mol. The molecule has 0 bridgehead atoms. The van der Waals surface area contributed by atoms with Crippen LogP contribution in [0, 0.1) is 5.92 Å². The van der Waals surface area contributed by atoms with E-state index in [1.54, 1.807) is 11.3 Å². The van der Waals surface area contributed by atoms with Crippen LogP contribution in [0.15, 0.2) is 16.8 Å². The number of nitrogens with zero attached hydrogens (tertiary/aromatic N) is 1. The number of aliphatic hydroxyl groups excluding tert-OH is 2. The fourth-order valence-corrected chi connectivity index (χ4v) is 3.44. The van der Waals surface area contributed by atoms with Crippen molar-refractivity contribution in [2.45, 2.75) is 25.3 Å². The molecule has 1 saturated heterocycles. The predicted octanol–water partition coefficient (Wildman–Crippen LogP) is 1.30. The Kier molecular flexibility index (Phi) is 6.10. The first-order chi connectivity index (χ1) is 9.33. The SMILES string of the molecule is OCCCNC1CC(CCO)CN(c2ccsc2)C1. The lowest BCUT2D eigenvalue weighted by atomic mass is 9.91. The number of thiophene rings is 1. The van der Waals surface area contributed by atoms with Crippen molar-refractivity contribution in [3.8, 4) is 0 Å². The zero-order valence-electron chi connectivity index (χ0n) is 11.3. The van der Waals surface area contributed by atoms with Gasteiger partial charge in [-0.25, -0.2) is 0 Å². The number of nitrogens with one attached hydrogen (secondary N) is 1. The van der Waals surface area contributed by atoms with Crippen molar-refractivity contribution < 1.29 is 10.2 Å². The zero-order valence-corrected chi connectivity index (χ0v) is 12.1. The van der Waals surface area contributed by atoms with Gasteiger partial charge in [0, 0.05) is 43.4 Å². The molecule has 1 aliphatic rings. The Balaban J connectivity index is 1.92. The highest BCUT2D eigenvalue weighted by atomic mass is 32.1. The van der Waals surface area contributed by atoms with Gasteiger partial charge in [-0.3, -0.25) is 0 Å². The van der Waals surface area contributed by atoms with Gasteiger partial charge in [0.1, 0.15) is 0 Å². The van der Waals surface area contributed by atoms with Crippen LogP contribution in [0.3, 0.4) is 0 Å². The molecule has 2 unspecified atom stereocenters. The largest absolute Gasteiger partial charge is 0.396 e. The van der Waals surface area contributed by atoms with Crippen molar-refractivity contribution in [2.75, 3.05) is 37.7 Å². The second kappa shape index (κ2) is 7.85. The van der Waals surface area contributed by atoms with Crippen LogP contribution in [-0.2, 0) is 0 Å². The van der Waals surface area contributed by atoms with Crippen LogP contribution in [0.25, 0.3) is 0 Å². The standard InChI is InChI=1S/C14H24N2O2S/c17-5-1-4-15-13-8-12(2-6-18)9-16(10-13)14-3-7-19-11-14/h3,7,11-13,15,17-18H,1-2,4-6,8-10H2. The first kappa shape index (κ1) is 14.8. The molecule has 1 aromatic rings. The van der Waals surface area contributed by atoms with Gasteiger partial charge in [0.25, 0.3) is 0 Å². The molecule has 3 N–H and O–H groups in total. The molecule has 2 atom stereocenters. The first-order valence-corrected chi connectivity index (χ1v) is 8.00. The minimum atomic E-state index is 0.244. The molecular weight excluding hydrogens is 260 g/mol. The summed E-state index contributed by atoms with van der Waals surface area (Å²) in [6, 6.07) is 2.62. The summed E-state index contributed by atoms with van der Waals surface area (Å²) in [6.07, 6.45) is 2.80. The van der Waals surface area contributed by atoms with E-state index in [1.165, 1.54) is 5.69 Å². The highest BCUT2D eigenvalue weighted by Crippen LogP contribution is 2.26. The maximum absolute atomic E-state index is 9.17. The summed E-state index contributed by atoms with van der Waals surface area (Å²) in [5, 5.41) is 25.8. The fraction of sp³-hybridized carbons (Fsp3) is 0.714. The number of hydrogen-bond acceptors (Lipinski definition) is 5. The van der Waals surface area contributed by atoms with Gasteiger partial charge in [-0.1, -0.05) is 0 Å². The topological polar surface area (TPSA) is 55.7 Å². The van der Waals surface area contributed by atoms with Gasteiger partial charge in [0.2, 0.25) is 0 Å². The molecule has 5 heteroatoms. The molecule has 2 heterocycles. The van der Waals surface area contributed by atoms with E-state index in [0.29, 0.717) is 12.0 Å². The van der Waals surface area contributed by atoms with Crippen LogP contribution >= 0.6 is 11.3 Å². The third kappa shape index (κ3) is 4.45. The fourth-order valence-electron chi connectivity index (χ4n) is 2.78. The molecule has 0 amide bonds. The van der Waals surface area contributed by atoms with Crippen LogP contribution in [0.5, 0.6) is 0 Å². The first-order valence-electron chi connectivity index (χ1n) is 7.05. The van der Waals surface area contributed by atoms with E-state index in [4.69, 9.17) is 10.2 Å². The Labute approximate surface area is 119 Å². The zero-order chi connectivity index (χ0) is 13.5. The Bertz CT molecular complexity index is 345. The molecule has 0 saturated carbocycles. The minimum absolute atomic E-state index is 0.244. The van der Waals surface area contributed by atoms with Gasteiger partial charge in [0.15, 0.2) is 0 Å². The Hall–Kier alpha value is -0.620. The Morgan fingerprint density at radius 1 is 1.32 bits per heavy atom. The van der Waals surface area contributed by atoms with Crippen LogP contribution in [0.4, 0.5) is 5.69 Å². The molecule has 0 radical (unpaired) electrons. The molecule has 108 valence electrons. The van der Waals surface area contributed by atoms with Crippen LogP contribution in [0.1, 0.15) is 19.3 Å². The number of hydrogen-bond donors (Lipinski definition) is 3. The smallest absolute Gasteiger partial charge is 0.0475 e. The van der Waals surface area contributed by atoms with E-state index in [0.717, 1.165) is 38.9 Å². The number of rotatable bonds is 7. The average molecular weight is 284 g/mol. The average Bonchev–Trinajstić information content (AvgIpc) is 2.93. The van der Waals surface area contributed by atoms with Crippen molar-refractivity contribution in [3.05, 3.63) is 16.8 Å². The summed E-state index contributed by atoms with van der Waals surface area (Å²) in [5.74, 6) is 0.547. The molecule has 1 aliphatic heterocycles. The molecule has 1 aromatic heterocycles. The summed E-state index contributed by atoms with van der Waals surface area (Å²) >= 11 is 1.73. The maximum Gasteiger partial charge on any atom is 0.0475 e. The lowest BCUT2D eigenvalue weighted by molar-refractivity contribution is 0.227. The number of piperidine rings is 1. The second-order valence-corrected chi connectivity index (χ2v) is 6.01. The monoisotopic (exact) mass is 284 g/mol. The van der Waals surface area contributed by atoms with Crippen LogP contribution in [0.2, 0.25) is 0 Å². The molecule has 2 rings (SSSR count). The third-order valence-corrected chi connectivity index (χ3v) is 4.38. The molecule has 19 heavy (non-hydrogen) atoms. The molecule has 0 spiro atoms. The van der Waals surface area contributed by atoms with Gasteiger partial charge < -0.3 is 20.4 Å². The van der Waals surface area contributed by atoms with Crippen molar-refractivity contribution in [2.24, 2.45) is 5.92 Å². The van der Waals surface area contributed by atoms with E-state index < -0.39 is 0 Å². The second-order valence-electron chi connectivity index (χ2n) is 5.23. The quantitative estimate of drug-likeness (QED) is 0.661. The highest BCUT2D eigenvalue weighted by Gasteiger charge is 2.26. The molecule has 4 nitrogen and oxygen atoms in total. The van der Waals surface area contributed by atoms with Crippen LogP contribution < -0.4 is 10.2 Å². The van der Waals surface area contributed by atoms with Gasteiger partial charge in [-0.05, 0) is 43.2 Å². The van der Waals surface area contributed by atoms with Crippen molar-refractivity contribution in [1.82, 2.24) is 5.32 Å². The van der Waals surface area contributed by atoms with Gasteiger partial charge in [-0.2, -0.15) is 11.3 Å². The third-order valence-electron chi connectivity index (χ3n) is 3.71. The Morgan fingerprint density at radius 2 is 2.21 bits per heavy atom. The van der Waals surface area contributed by atoms with Crippen molar-refractivity contribution in [3.63, 3.8) is 0 Å².